The van der Waals surface area contributed by atoms with Crippen molar-refractivity contribution in [3.05, 3.63) is 95.9 Å². The predicted molar refractivity (Wildman–Crippen MR) is 118 cm³/mol. The number of nitrogens with one attached hydrogen (secondary N) is 1. The fourth-order valence-electron chi connectivity index (χ4n) is 3.38. The van der Waals surface area contributed by atoms with Gasteiger partial charge in [-0.2, -0.15) is 0 Å². The smallest absolute Gasteiger partial charge is 0.282 e. The highest BCUT2D eigenvalue weighted by atomic mass is 19.1. The third-order valence-electron chi connectivity index (χ3n) is 4.73. The van der Waals surface area contributed by atoms with Gasteiger partial charge in [0.1, 0.15) is 17.3 Å². The third kappa shape index (κ3) is 4.19. The van der Waals surface area contributed by atoms with Crippen molar-refractivity contribution < 1.29 is 18.7 Å². The summed E-state index contributed by atoms with van der Waals surface area (Å²) in [7, 11) is 0. The van der Waals surface area contributed by atoms with Gasteiger partial charge in [-0.15, -0.1) is 0 Å². The molecule has 0 aromatic heterocycles. The molecule has 0 saturated carbocycles. The van der Waals surface area contributed by atoms with Crippen molar-refractivity contribution in [3.8, 4) is 5.75 Å². The molecule has 0 aliphatic carbocycles. The van der Waals surface area contributed by atoms with Crippen LogP contribution in [0.2, 0.25) is 0 Å². The van der Waals surface area contributed by atoms with E-state index in [1.807, 2.05) is 19.9 Å². The van der Waals surface area contributed by atoms with Crippen LogP contribution in [0.5, 0.6) is 5.75 Å². The van der Waals surface area contributed by atoms with Gasteiger partial charge in [0, 0.05) is 5.69 Å². The van der Waals surface area contributed by atoms with E-state index < -0.39 is 17.6 Å². The van der Waals surface area contributed by atoms with Gasteiger partial charge in [-0.25, -0.2) is 9.29 Å². The molecule has 5 nitrogen and oxygen atoms in total. The summed E-state index contributed by atoms with van der Waals surface area (Å²) >= 11 is 0. The number of anilines is 2. The molecule has 0 radical (unpaired) electrons. The molecule has 2 amide bonds. The molecule has 0 spiro atoms. The van der Waals surface area contributed by atoms with Crippen LogP contribution in [0.4, 0.5) is 15.8 Å². The Bertz CT molecular complexity index is 1140. The number of ether oxygens (including phenoxy) is 1. The fraction of sp³-hybridized carbons (Fsp3) is 0.120. The maximum Gasteiger partial charge on any atom is 0.282 e. The van der Waals surface area contributed by atoms with E-state index in [1.54, 1.807) is 48.5 Å². The summed E-state index contributed by atoms with van der Waals surface area (Å²) in [6.45, 7) is 3.88. The Kier molecular flexibility index (Phi) is 5.54. The number of benzene rings is 3. The number of nitrogens with zero attached hydrogens (tertiary/aromatic N) is 1. The van der Waals surface area contributed by atoms with Gasteiger partial charge in [-0.1, -0.05) is 30.3 Å². The zero-order chi connectivity index (χ0) is 22.0. The van der Waals surface area contributed by atoms with Crippen LogP contribution in [0.25, 0.3) is 5.57 Å². The molecule has 0 saturated heterocycles. The number of halogens is 1. The summed E-state index contributed by atoms with van der Waals surface area (Å²) < 4.78 is 19.0. The van der Waals surface area contributed by atoms with E-state index in [0.717, 1.165) is 4.90 Å². The molecular weight excluding hydrogens is 395 g/mol. The molecule has 156 valence electrons. The van der Waals surface area contributed by atoms with E-state index in [1.165, 1.54) is 24.3 Å². The zero-order valence-corrected chi connectivity index (χ0v) is 17.1. The lowest BCUT2D eigenvalue weighted by molar-refractivity contribution is -0.120. The predicted octanol–water partition coefficient (Wildman–Crippen LogP) is 5.01. The molecule has 31 heavy (non-hydrogen) atoms. The van der Waals surface area contributed by atoms with Gasteiger partial charge in [-0.05, 0) is 67.9 Å². The summed E-state index contributed by atoms with van der Waals surface area (Å²) in [5.74, 6) is -0.705. The molecule has 0 fully saturated rings. The molecule has 0 unspecified atom stereocenters. The van der Waals surface area contributed by atoms with Crippen molar-refractivity contribution in [2.45, 2.75) is 20.0 Å². The maximum atomic E-state index is 13.4. The summed E-state index contributed by atoms with van der Waals surface area (Å²) in [5.41, 5.74) is 1.99. The van der Waals surface area contributed by atoms with Gasteiger partial charge in [0.05, 0.1) is 17.4 Å². The number of imide groups is 1. The van der Waals surface area contributed by atoms with E-state index in [4.69, 9.17) is 4.74 Å². The van der Waals surface area contributed by atoms with Gasteiger partial charge in [-0.3, -0.25) is 9.59 Å². The first-order chi connectivity index (χ1) is 14.9. The second kappa shape index (κ2) is 8.44. The molecule has 3 aromatic carbocycles. The van der Waals surface area contributed by atoms with Crippen LogP contribution in [0.1, 0.15) is 19.4 Å². The van der Waals surface area contributed by atoms with Crippen molar-refractivity contribution in [3.63, 3.8) is 0 Å². The minimum atomic E-state index is -0.502. The molecule has 1 heterocycles. The van der Waals surface area contributed by atoms with Crippen molar-refractivity contribution in [1.29, 1.82) is 0 Å². The lowest BCUT2D eigenvalue weighted by Crippen LogP contribution is -2.32. The van der Waals surface area contributed by atoms with E-state index in [0.29, 0.717) is 22.7 Å². The minimum absolute atomic E-state index is 0.0458. The van der Waals surface area contributed by atoms with Crippen LogP contribution >= 0.6 is 0 Å². The molecule has 1 N–H and O–H groups in total. The first kappa shape index (κ1) is 20.3. The van der Waals surface area contributed by atoms with Crippen LogP contribution in [-0.2, 0) is 9.59 Å². The Balaban J connectivity index is 1.72. The topological polar surface area (TPSA) is 58.6 Å². The van der Waals surface area contributed by atoms with Crippen molar-refractivity contribution >= 4 is 28.8 Å². The van der Waals surface area contributed by atoms with E-state index in [9.17, 15) is 14.0 Å². The Morgan fingerprint density at radius 1 is 0.839 bits per heavy atom. The highest BCUT2D eigenvalue weighted by Gasteiger charge is 2.40. The molecule has 1 aliphatic rings. The van der Waals surface area contributed by atoms with Gasteiger partial charge in [0.25, 0.3) is 11.8 Å². The summed E-state index contributed by atoms with van der Waals surface area (Å²) in [6.07, 6.45) is 0.0458. The highest BCUT2D eigenvalue weighted by Crippen LogP contribution is 2.34. The van der Waals surface area contributed by atoms with Crippen LogP contribution in [0.15, 0.2) is 84.6 Å². The van der Waals surface area contributed by atoms with Crippen molar-refractivity contribution in [2.24, 2.45) is 0 Å². The Morgan fingerprint density at radius 2 is 1.48 bits per heavy atom. The van der Waals surface area contributed by atoms with Crippen molar-refractivity contribution in [1.82, 2.24) is 0 Å². The molecule has 0 bridgehead atoms. The minimum Gasteiger partial charge on any atom is -0.491 e. The summed E-state index contributed by atoms with van der Waals surface area (Å²) in [5, 5.41) is 3.10. The van der Waals surface area contributed by atoms with Crippen molar-refractivity contribution in [2.75, 3.05) is 10.2 Å². The molecule has 4 rings (SSSR count). The van der Waals surface area contributed by atoms with Gasteiger partial charge in [0.2, 0.25) is 0 Å². The first-order valence-corrected chi connectivity index (χ1v) is 9.92. The van der Waals surface area contributed by atoms with Crippen LogP contribution < -0.4 is 15.0 Å². The van der Waals surface area contributed by atoms with Gasteiger partial charge < -0.3 is 10.1 Å². The fourth-order valence-corrected chi connectivity index (χ4v) is 3.38. The number of hydrogen-bond acceptors (Lipinski definition) is 4. The number of amides is 2. The first-order valence-electron chi connectivity index (χ1n) is 9.92. The van der Waals surface area contributed by atoms with E-state index >= 15 is 0 Å². The third-order valence-corrected chi connectivity index (χ3v) is 4.73. The van der Waals surface area contributed by atoms with Crippen LogP contribution in [0, 0.1) is 5.82 Å². The average Bonchev–Trinajstić information content (AvgIpc) is 3.00. The monoisotopic (exact) mass is 416 g/mol. The quantitative estimate of drug-likeness (QED) is 0.574. The Labute approximate surface area is 179 Å². The van der Waals surface area contributed by atoms with Gasteiger partial charge in [0.15, 0.2) is 0 Å². The second-order valence-corrected chi connectivity index (χ2v) is 7.35. The molecular formula is C25H21FN2O3. The lowest BCUT2D eigenvalue weighted by Gasteiger charge is -2.15. The molecule has 6 heteroatoms. The molecule has 0 atom stereocenters. The van der Waals surface area contributed by atoms with E-state index in [-0.39, 0.29) is 17.4 Å². The number of carbonyl (C=O) groups is 2. The number of rotatable bonds is 6. The summed E-state index contributed by atoms with van der Waals surface area (Å²) in [4.78, 5) is 27.6. The zero-order valence-electron chi connectivity index (χ0n) is 17.1. The average molecular weight is 416 g/mol. The number of carbonyl (C=O) groups excluding carboxylic acids is 2. The molecule has 3 aromatic rings. The second-order valence-electron chi connectivity index (χ2n) is 7.35. The SMILES string of the molecule is CC(C)Oc1ccc(NC2=C(c3ccccc3)C(=O)N(c3ccc(F)cc3)C2=O)cc1. The Morgan fingerprint density at radius 3 is 2.10 bits per heavy atom. The van der Waals surface area contributed by atoms with Gasteiger partial charge >= 0.3 is 0 Å². The number of hydrogen-bond donors (Lipinski definition) is 1. The molecule has 1 aliphatic heterocycles. The van der Waals surface area contributed by atoms with E-state index in [2.05, 4.69) is 5.32 Å². The van der Waals surface area contributed by atoms with Crippen LogP contribution in [0.3, 0.4) is 0 Å². The maximum absolute atomic E-state index is 13.4. The standard InChI is InChI=1S/C25H21FN2O3/c1-16(2)31-21-14-10-19(11-15-21)27-23-22(17-6-4-3-5-7-17)24(29)28(25(23)30)20-12-8-18(26)9-13-20/h3-16,27H,1-2H3. The summed E-state index contributed by atoms with van der Waals surface area (Å²) in [6, 6.07) is 21.4. The normalized spacial score (nSPS) is 13.9. The lowest BCUT2D eigenvalue weighted by atomic mass is 10.0. The largest absolute Gasteiger partial charge is 0.491 e. The highest BCUT2D eigenvalue weighted by molar-refractivity contribution is 6.46. The Hall–Kier alpha value is -3.93. The van der Waals surface area contributed by atoms with Crippen LogP contribution in [-0.4, -0.2) is 17.9 Å².